The molecule has 1 aromatic heterocycles. The molecule has 2 rings (SSSR count). The minimum atomic E-state index is 0.699. The fourth-order valence-electron chi connectivity index (χ4n) is 2.70. The van der Waals surface area contributed by atoms with Crippen molar-refractivity contribution in [2.75, 3.05) is 6.54 Å². The average molecular weight is 253 g/mol. The standard InChI is InChI=1S/C13H23N3S/c1-3-12-5-4-10(2)16(12)8-11-9-17-13(15-11)6-7-14/h9-10,12H,3-8,14H2,1-2H3. The van der Waals surface area contributed by atoms with E-state index in [-0.39, 0.29) is 0 Å². The molecule has 17 heavy (non-hydrogen) atoms. The number of nitrogens with zero attached hydrogens (tertiary/aromatic N) is 2. The molecule has 4 heteroatoms. The molecule has 1 fully saturated rings. The molecule has 2 heterocycles. The molecule has 0 amide bonds. The molecule has 0 bridgehead atoms. The second-order valence-corrected chi connectivity index (χ2v) is 5.87. The van der Waals surface area contributed by atoms with Gasteiger partial charge in [0.25, 0.3) is 0 Å². The zero-order chi connectivity index (χ0) is 12.3. The lowest BCUT2D eigenvalue weighted by Crippen LogP contribution is -2.33. The maximum atomic E-state index is 5.56. The molecule has 0 aromatic carbocycles. The van der Waals surface area contributed by atoms with Gasteiger partial charge in [0.15, 0.2) is 0 Å². The van der Waals surface area contributed by atoms with Gasteiger partial charge in [-0.15, -0.1) is 11.3 Å². The van der Waals surface area contributed by atoms with Crippen molar-refractivity contribution in [3.05, 3.63) is 16.1 Å². The van der Waals surface area contributed by atoms with Crippen LogP contribution in [0.5, 0.6) is 0 Å². The van der Waals surface area contributed by atoms with E-state index in [0.717, 1.165) is 19.0 Å². The van der Waals surface area contributed by atoms with E-state index in [1.165, 1.54) is 30.0 Å². The molecular formula is C13H23N3S. The third kappa shape index (κ3) is 3.06. The molecule has 2 atom stereocenters. The largest absolute Gasteiger partial charge is 0.330 e. The van der Waals surface area contributed by atoms with E-state index in [1.54, 1.807) is 11.3 Å². The van der Waals surface area contributed by atoms with Crippen LogP contribution in [0.25, 0.3) is 0 Å². The third-order valence-corrected chi connectivity index (χ3v) is 4.68. The number of hydrogen-bond donors (Lipinski definition) is 1. The second kappa shape index (κ2) is 5.94. The number of likely N-dealkylation sites (tertiary alicyclic amines) is 1. The highest BCUT2D eigenvalue weighted by Crippen LogP contribution is 2.28. The highest BCUT2D eigenvalue weighted by Gasteiger charge is 2.29. The lowest BCUT2D eigenvalue weighted by atomic mass is 10.1. The van der Waals surface area contributed by atoms with Gasteiger partial charge >= 0.3 is 0 Å². The highest BCUT2D eigenvalue weighted by atomic mass is 32.1. The predicted octanol–water partition coefficient (Wildman–Crippen LogP) is 2.41. The molecule has 2 unspecified atom stereocenters. The van der Waals surface area contributed by atoms with Gasteiger partial charge in [-0.2, -0.15) is 0 Å². The van der Waals surface area contributed by atoms with Crippen molar-refractivity contribution in [1.82, 2.24) is 9.88 Å². The molecule has 3 nitrogen and oxygen atoms in total. The highest BCUT2D eigenvalue weighted by molar-refractivity contribution is 7.09. The fraction of sp³-hybridized carbons (Fsp3) is 0.769. The van der Waals surface area contributed by atoms with Gasteiger partial charge in [-0.25, -0.2) is 4.98 Å². The van der Waals surface area contributed by atoms with Crippen LogP contribution in [0.15, 0.2) is 5.38 Å². The lowest BCUT2D eigenvalue weighted by molar-refractivity contribution is 0.187. The summed E-state index contributed by atoms with van der Waals surface area (Å²) in [6.07, 6.45) is 4.84. The number of nitrogens with two attached hydrogens (primary N) is 1. The van der Waals surface area contributed by atoms with Gasteiger partial charge in [0.05, 0.1) is 10.7 Å². The first-order valence-electron chi connectivity index (χ1n) is 6.63. The SMILES string of the molecule is CCC1CCC(C)N1Cc1csc(CCN)n1. The van der Waals surface area contributed by atoms with E-state index in [1.807, 2.05) is 0 Å². The molecule has 1 saturated heterocycles. The summed E-state index contributed by atoms with van der Waals surface area (Å²) < 4.78 is 0. The first kappa shape index (κ1) is 13.0. The van der Waals surface area contributed by atoms with Gasteiger partial charge in [0.1, 0.15) is 0 Å². The van der Waals surface area contributed by atoms with Crippen molar-refractivity contribution in [3.8, 4) is 0 Å². The Labute approximate surface area is 108 Å². The van der Waals surface area contributed by atoms with Crippen molar-refractivity contribution in [3.63, 3.8) is 0 Å². The third-order valence-electron chi connectivity index (χ3n) is 3.73. The van der Waals surface area contributed by atoms with Gasteiger partial charge in [-0.3, -0.25) is 4.90 Å². The molecule has 2 N–H and O–H groups in total. The van der Waals surface area contributed by atoms with Crippen LogP contribution >= 0.6 is 11.3 Å². The summed E-state index contributed by atoms with van der Waals surface area (Å²) in [6.45, 7) is 6.34. The van der Waals surface area contributed by atoms with E-state index in [0.29, 0.717) is 12.6 Å². The summed E-state index contributed by atoms with van der Waals surface area (Å²) >= 11 is 1.75. The number of rotatable bonds is 5. The Morgan fingerprint density at radius 3 is 3.06 bits per heavy atom. The number of hydrogen-bond acceptors (Lipinski definition) is 4. The summed E-state index contributed by atoms with van der Waals surface area (Å²) in [5, 5.41) is 3.38. The van der Waals surface area contributed by atoms with Gasteiger partial charge < -0.3 is 5.73 Å². The lowest BCUT2D eigenvalue weighted by Gasteiger charge is -2.26. The molecule has 96 valence electrons. The Balaban J connectivity index is 1.98. The van der Waals surface area contributed by atoms with Crippen LogP contribution in [-0.2, 0) is 13.0 Å². The van der Waals surface area contributed by atoms with E-state index in [2.05, 4.69) is 29.1 Å². The minimum Gasteiger partial charge on any atom is -0.330 e. The molecule has 0 spiro atoms. The van der Waals surface area contributed by atoms with Crippen LogP contribution in [0.2, 0.25) is 0 Å². The molecule has 0 aliphatic carbocycles. The average Bonchev–Trinajstić information content (AvgIpc) is 2.89. The van der Waals surface area contributed by atoms with Gasteiger partial charge in [-0.1, -0.05) is 6.92 Å². The Morgan fingerprint density at radius 2 is 2.35 bits per heavy atom. The van der Waals surface area contributed by atoms with Crippen LogP contribution in [0, 0.1) is 0 Å². The van der Waals surface area contributed by atoms with Crippen molar-refractivity contribution < 1.29 is 0 Å². The molecular weight excluding hydrogens is 230 g/mol. The van der Waals surface area contributed by atoms with Crippen LogP contribution in [0.1, 0.15) is 43.8 Å². The summed E-state index contributed by atoms with van der Waals surface area (Å²) in [5.41, 5.74) is 6.78. The van der Waals surface area contributed by atoms with Gasteiger partial charge in [0, 0.05) is 30.4 Å². The zero-order valence-electron chi connectivity index (χ0n) is 10.9. The van der Waals surface area contributed by atoms with Crippen molar-refractivity contribution in [2.24, 2.45) is 5.73 Å². The maximum Gasteiger partial charge on any atom is 0.0941 e. The van der Waals surface area contributed by atoms with E-state index < -0.39 is 0 Å². The fourth-order valence-corrected chi connectivity index (χ4v) is 3.50. The van der Waals surface area contributed by atoms with E-state index >= 15 is 0 Å². The van der Waals surface area contributed by atoms with Crippen molar-refractivity contribution in [2.45, 2.75) is 58.2 Å². The van der Waals surface area contributed by atoms with E-state index in [9.17, 15) is 0 Å². The van der Waals surface area contributed by atoms with E-state index in [4.69, 9.17) is 5.73 Å². The molecule has 1 aliphatic heterocycles. The molecule has 0 radical (unpaired) electrons. The number of thiazole rings is 1. The topological polar surface area (TPSA) is 42.1 Å². The zero-order valence-corrected chi connectivity index (χ0v) is 11.7. The van der Waals surface area contributed by atoms with Crippen LogP contribution < -0.4 is 5.73 Å². The molecule has 1 aromatic rings. The van der Waals surface area contributed by atoms with Crippen LogP contribution in [0.4, 0.5) is 0 Å². The maximum absolute atomic E-state index is 5.56. The minimum absolute atomic E-state index is 0.699. The summed E-state index contributed by atoms with van der Waals surface area (Å²) in [7, 11) is 0. The summed E-state index contributed by atoms with van der Waals surface area (Å²) in [5.74, 6) is 0. The summed E-state index contributed by atoms with van der Waals surface area (Å²) in [6, 6.07) is 1.46. The molecule has 1 aliphatic rings. The smallest absolute Gasteiger partial charge is 0.0941 e. The monoisotopic (exact) mass is 253 g/mol. The summed E-state index contributed by atoms with van der Waals surface area (Å²) in [4.78, 5) is 7.28. The molecule has 0 saturated carbocycles. The second-order valence-electron chi connectivity index (χ2n) is 4.93. The van der Waals surface area contributed by atoms with Gasteiger partial charge in [0.2, 0.25) is 0 Å². The van der Waals surface area contributed by atoms with Crippen molar-refractivity contribution >= 4 is 11.3 Å². The Kier molecular flexibility index (Phi) is 4.54. The van der Waals surface area contributed by atoms with Gasteiger partial charge in [-0.05, 0) is 32.7 Å². The quantitative estimate of drug-likeness (QED) is 0.876. The Hall–Kier alpha value is -0.450. The first-order chi connectivity index (χ1) is 8.24. The Bertz CT molecular complexity index is 350. The van der Waals surface area contributed by atoms with Crippen LogP contribution in [-0.4, -0.2) is 28.5 Å². The van der Waals surface area contributed by atoms with Crippen LogP contribution in [0.3, 0.4) is 0 Å². The normalized spacial score (nSPS) is 25.6. The number of aromatic nitrogens is 1. The Morgan fingerprint density at radius 1 is 1.53 bits per heavy atom. The first-order valence-corrected chi connectivity index (χ1v) is 7.51. The van der Waals surface area contributed by atoms with Crippen molar-refractivity contribution in [1.29, 1.82) is 0 Å². The predicted molar refractivity (Wildman–Crippen MR) is 73.2 cm³/mol.